The molecule has 0 fully saturated rings. The van der Waals surface area contributed by atoms with E-state index in [0.717, 1.165) is 13.1 Å². The molecule has 4 heteroatoms. The number of likely N-dealkylation sites (N-methyl/N-ethyl adjacent to an activating group) is 1. The summed E-state index contributed by atoms with van der Waals surface area (Å²) in [5.41, 5.74) is 1.31. The molecule has 0 unspecified atom stereocenters. The number of halogens is 1. The second kappa shape index (κ2) is 10.3. The minimum atomic E-state index is -0.236. The molecular formula is C17H24FNO2. The van der Waals surface area contributed by atoms with E-state index in [-0.39, 0.29) is 12.4 Å². The summed E-state index contributed by atoms with van der Waals surface area (Å²) in [7, 11) is 0. The predicted molar refractivity (Wildman–Crippen MR) is 82.4 cm³/mol. The third-order valence-corrected chi connectivity index (χ3v) is 3.12. The SMILES string of the molecule is CCOCCN(CC)Cc1ccc(C#CCCO)cc1F. The lowest BCUT2D eigenvalue weighted by molar-refractivity contribution is 0.112. The van der Waals surface area contributed by atoms with Crippen molar-refractivity contribution in [1.82, 2.24) is 4.90 Å². The average molecular weight is 293 g/mol. The van der Waals surface area contributed by atoms with Gasteiger partial charge in [-0.25, -0.2) is 4.39 Å². The van der Waals surface area contributed by atoms with E-state index >= 15 is 0 Å². The van der Waals surface area contributed by atoms with Crippen LogP contribution in [0.15, 0.2) is 18.2 Å². The zero-order valence-corrected chi connectivity index (χ0v) is 12.9. The molecule has 0 aliphatic heterocycles. The summed E-state index contributed by atoms with van der Waals surface area (Å²) in [5, 5.41) is 8.67. The first-order valence-corrected chi connectivity index (χ1v) is 7.39. The van der Waals surface area contributed by atoms with Crippen LogP contribution in [0.2, 0.25) is 0 Å². The Balaban J connectivity index is 2.64. The normalized spacial score (nSPS) is 10.5. The molecule has 0 saturated carbocycles. The van der Waals surface area contributed by atoms with E-state index in [1.54, 1.807) is 6.07 Å². The second-order valence-corrected chi connectivity index (χ2v) is 4.65. The van der Waals surface area contributed by atoms with Crippen LogP contribution in [-0.4, -0.2) is 42.9 Å². The Bertz CT molecular complexity index is 479. The third-order valence-electron chi connectivity index (χ3n) is 3.12. The summed E-state index contributed by atoms with van der Waals surface area (Å²) >= 11 is 0. The van der Waals surface area contributed by atoms with E-state index in [0.29, 0.717) is 37.3 Å². The number of aliphatic hydroxyl groups is 1. The van der Waals surface area contributed by atoms with Crippen LogP contribution in [-0.2, 0) is 11.3 Å². The molecule has 0 spiro atoms. The van der Waals surface area contributed by atoms with Crippen molar-refractivity contribution < 1.29 is 14.2 Å². The lowest BCUT2D eigenvalue weighted by Crippen LogP contribution is -2.27. The highest BCUT2D eigenvalue weighted by Gasteiger charge is 2.08. The van der Waals surface area contributed by atoms with Gasteiger partial charge in [-0.2, -0.15) is 0 Å². The molecule has 0 amide bonds. The van der Waals surface area contributed by atoms with Crippen LogP contribution in [0.5, 0.6) is 0 Å². The van der Waals surface area contributed by atoms with E-state index in [4.69, 9.17) is 9.84 Å². The Labute approximate surface area is 126 Å². The molecule has 0 radical (unpaired) electrons. The zero-order chi connectivity index (χ0) is 15.5. The quantitative estimate of drug-likeness (QED) is 0.590. The van der Waals surface area contributed by atoms with Gasteiger partial charge in [0.1, 0.15) is 5.82 Å². The van der Waals surface area contributed by atoms with Gasteiger partial charge in [0.05, 0.1) is 13.2 Å². The summed E-state index contributed by atoms with van der Waals surface area (Å²) in [6, 6.07) is 5.05. The van der Waals surface area contributed by atoms with Crippen LogP contribution in [0, 0.1) is 17.7 Å². The molecule has 1 rings (SSSR count). The number of rotatable bonds is 8. The summed E-state index contributed by atoms with van der Waals surface area (Å²) in [5.74, 6) is 5.39. The van der Waals surface area contributed by atoms with Crippen LogP contribution in [0.3, 0.4) is 0 Å². The van der Waals surface area contributed by atoms with Gasteiger partial charge in [0, 0.05) is 37.2 Å². The van der Waals surface area contributed by atoms with Crippen LogP contribution >= 0.6 is 0 Å². The molecule has 3 nitrogen and oxygen atoms in total. The van der Waals surface area contributed by atoms with Crippen molar-refractivity contribution in [3.63, 3.8) is 0 Å². The van der Waals surface area contributed by atoms with Crippen LogP contribution in [0.4, 0.5) is 4.39 Å². The Morgan fingerprint density at radius 1 is 1.33 bits per heavy atom. The van der Waals surface area contributed by atoms with Crippen molar-refractivity contribution in [3.8, 4) is 11.8 Å². The molecule has 0 saturated heterocycles. The first-order chi connectivity index (χ1) is 10.2. The molecule has 0 aromatic heterocycles. The molecule has 0 heterocycles. The summed E-state index contributed by atoms with van der Waals surface area (Å²) in [6.07, 6.45) is 0.407. The van der Waals surface area contributed by atoms with Gasteiger partial charge in [-0.3, -0.25) is 4.90 Å². The zero-order valence-electron chi connectivity index (χ0n) is 12.9. The first-order valence-electron chi connectivity index (χ1n) is 7.39. The lowest BCUT2D eigenvalue weighted by atomic mass is 10.1. The smallest absolute Gasteiger partial charge is 0.128 e. The fourth-order valence-electron chi connectivity index (χ4n) is 1.90. The number of nitrogens with zero attached hydrogens (tertiary/aromatic N) is 1. The molecule has 0 atom stereocenters. The molecule has 1 aromatic carbocycles. The summed E-state index contributed by atoms with van der Waals surface area (Å²) in [4.78, 5) is 2.14. The maximum Gasteiger partial charge on any atom is 0.128 e. The van der Waals surface area contributed by atoms with E-state index in [1.807, 2.05) is 13.0 Å². The molecule has 21 heavy (non-hydrogen) atoms. The molecule has 1 N–H and O–H groups in total. The minimum absolute atomic E-state index is 0.0266. The predicted octanol–water partition coefficient (Wildman–Crippen LogP) is 2.42. The maximum absolute atomic E-state index is 14.1. The van der Waals surface area contributed by atoms with Gasteiger partial charge in [-0.15, -0.1) is 0 Å². The number of ether oxygens (including phenoxy) is 1. The van der Waals surface area contributed by atoms with Crippen molar-refractivity contribution in [1.29, 1.82) is 0 Å². The van der Waals surface area contributed by atoms with Crippen molar-refractivity contribution >= 4 is 0 Å². The van der Waals surface area contributed by atoms with Gasteiger partial charge in [0.25, 0.3) is 0 Å². The highest BCUT2D eigenvalue weighted by molar-refractivity contribution is 5.37. The topological polar surface area (TPSA) is 32.7 Å². The van der Waals surface area contributed by atoms with E-state index in [1.165, 1.54) is 6.07 Å². The second-order valence-electron chi connectivity index (χ2n) is 4.65. The average Bonchev–Trinajstić information content (AvgIpc) is 2.49. The van der Waals surface area contributed by atoms with Crippen LogP contribution < -0.4 is 0 Å². The molecule has 0 aliphatic rings. The van der Waals surface area contributed by atoms with Crippen molar-refractivity contribution in [2.45, 2.75) is 26.8 Å². The Hall–Kier alpha value is -1.41. The van der Waals surface area contributed by atoms with Crippen molar-refractivity contribution in [3.05, 3.63) is 35.1 Å². The molecule has 0 bridgehead atoms. The van der Waals surface area contributed by atoms with Gasteiger partial charge in [-0.05, 0) is 25.6 Å². The monoisotopic (exact) mass is 293 g/mol. The minimum Gasteiger partial charge on any atom is -0.395 e. The van der Waals surface area contributed by atoms with Gasteiger partial charge < -0.3 is 9.84 Å². The van der Waals surface area contributed by atoms with Crippen molar-refractivity contribution in [2.24, 2.45) is 0 Å². The first kappa shape index (κ1) is 17.6. The standard InChI is InChI=1S/C17H24FNO2/c1-3-19(10-12-21-4-2)14-16-9-8-15(13-17(16)18)7-5-6-11-20/h8-9,13,20H,3-4,6,10-12,14H2,1-2H3. The Morgan fingerprint density at radius 2 is 2.14 bits per heavy atom. The maximum atomic E-state index is 14.1. The van der Waals surface area contributed by atoms with Gasteiger partial charge in [0.2, 0.25) is 0 Å². The summed E-state index contributed by atoms with van der Waals surface area (Å²) < 4.78 is 19.4. The van der Waals surface area contributed by atoms with Gasteiger partial charge in [-0.1, -0.05) is 24.8 Å². The molecule has 1 aromatic rings. The van der Waals surface area contributed by atoms with Crippen LogP contribution in [0.1, 0.15) is 31.4 Å². The Morgan fingerprint density at radius 3 is 2.76 bits per heavy atom. The fraction of sp³-hybridized carbons (Fsp3) is 0.529. The third kappa shape index (κ3) is 6.72. The molecular weight excluding hydrogens is 269 g/mol. The summed E-state index contributed by atoms with van der Waals surface area (Å²) in [6.45, 7) is 7.62. The van der Waals surface area contributed by atoms with E-state index in [2.05, 4.69) is 23.7 Å². The number of hydrogen-bond donors (Lipinski definition) is 1. The fourth-order valence-corrected chi connectivity index (χ4v) is 1.90. The number of hydrogen-bond acceptors (Lipinski definition) is 3. The molecule has 116 valence electrons. The highest BCUT2D eigenvalue weighted by atomic mass is 19.1. The number of aliphatic hydroxyl groups excluding tert-OH is 1. The molecule has 0 aliphatic carbocycles. The van der Waals surface area contributed by atoms with Crippen LogP contribution in [0.25, 0.3) is 0 Å². The van der Waals surface area contributed by atoms with E-state index < -0.39 is 0 Å². The van der Waals surface area contributed by atoms with Gasteiger partial charge >= 0.3 is 0 Å². The largest absolute Gasteiger partial charge is 0.395 e. The van der Waals surface area contributed by atoms with E-state index in [9.17, 15) is 4.39 Å². The number of benzene rings is 1. The van der Waals surface area contributed by atoms with Gasteiger partial charge in [0.15, 0.2) is 0 Å². The Kier molecular flexibility index (Phi) is 8.68. The lowest BCUT2D eigenvalue weighted by Gasteiger charge is -2.20. The van der Waals surface area contributed by atoms with Crippen molar-refractivity contribution in [2.75, 3.05) is 32.9 Å². The highest BCUT2D eigenvalue weighted by Crippen LogP contribution is 2.12.